The largest absolute Gasteiger partial charge is 0.509 e. The van der Waals surface area contributed by atoms with Gasteiger partial charge in [-0.1, -0.05) is 274 Å². The zero-order valence-corrected chi connectivity index (χ0v) is 74.5. The zero-order chi connectivity index (χ0) is 83.1. The van der Waals surface area contributed by atoms with E-state index in [2.05, 4.69) is 122 Å². The first kappa shape index (κ1) is 90.8. The van der Waals surface area contributed by atoms with Crippen LogP contribution in [0.1, 0.15) is 132 Å². The number of fused-ring (bicyclic) bond motifs is 1. The molecular formula is C90H127NO21SSi3. The summed E-state index contributed by atoms with van der Waals surface area (Å²) in [4.78, 5) is 13.9. The van der Waals surface area contributed by atoms with Gasteiger partial charge < -0.3 is 84.7 Å². The van der Waals surface area contributed by atoms with Crippen LogP contribution in [0.5, 0.6) is 0 Å². The maximum absolute atomic E-state index is 15.8. The minimum atomic E-state index is -4.68. The van der Waals surface area contributed by atoms with Crippen molar-refractivity contribution in [1.29, 1.82) is 0 Å². The molecule has 116 heavy (non-hydrogen) atoms. The number of aliphatic hydroxyl groups excluding tert-OH is 1. The summed E-state index contributed by atoms with van der Waals surface area (Å²) in [7, 11) is -13.2. The molecule has 5 heterocycles. The number of aliphatic hydroxyl groups is 1. The van der Waals surface area contributed by atoms with E-state index in [0.29, 0.717) is 0 Å². The molecule has 0 amide bonds. The molecule has 0 spiro atoms. The molecule has 5 aliphatic rings. The Kier molecular flexibility index (Phi) is 32.2. The second kappa shape index (κ2) is 41.1. The molecule has 18 atom stereocenters. The Balaban J connectivity index is 1.09. The second-order valence-corrected chi connectivity index (χ2v) is 52.1. The number of hydrogen-bond donors (Lipinski definition) is 2. The quantitative estimate of drug-likeness (QED) is 0.0268. The van der Waals surface area contributed by atoms with Gasteiger partial charge in [0.05, 0.1) is 70.6 Å². The van der Waals surface area contributed by atoms with Crippen molar-refractivity contribution in [3.63, 3.8) is 0 Å². The van der Waals surface area contributed by atoms with E-state index in [1.807, 2.05) is 158 Å². The highest BCUT2D eigenvalue weighted by molar-refractivity contribution is 7.89. The van der Waals surface area contributed by atoms with Crippen molar-refractivity contribution >= 4 is 41.1 Å². The van der Waals surface area contributed by atoms with Crippen LogP contribution in [0.3, 0.4) is 0 Å². The van der Waals surface area contributed by atoms with Crippen LogP contribution >= 0.6 is 0 Å². The molecule has 26 heteroatoms. The molecular weight excluding hydrogens is 1550 g/mol. The summed E-state index contributed by atoms with van der Waals surface area (Å²) in [6.07, 6.45) is -18.9. The fourth-order valence-electron chi connectivity index (χ4n) is 17.3. The third kappa shape index (κ3) is 22.2. The zero-order valence-electron chi connectivity index (χ0n) is 70.7. The van der Waals surface area contributed by atoms with Crippen molar-refractivity contribution in [3.05, 3.63) is 222 Å². The van der Waals surface area contributed by atoms with Gasteiger partial charge in [0.1, 0.15) is 73.2 Å². The Bertz CT molecular complexity index is 4040. The van der Waals surface area contributed by atoms with Crippen molar-refractivity contribution < 1.29 is 97.9 Å². The Morgan fingerprint density at radius 1 is 0.431 bits per heavy atom. The van der Waals surface area contributed by atoms with Gasteiger partial charge in [0, 0.05) is 0 Å². The SMILES string of the molecule is CC(C)[Si](OC[C@H]1O[C@@H](O[C@@H]2[C@H](OCc3ccccc3)[C@@H](OCc3ccccc3)[C@H](O[C@H]3[C@H](OCc4ccccc4)C=CO[C@@H]3COCc3ccccc3)O[C@@H]2COCc2ccccc2)[C@H](NS(=O)(=O)c2ccccc2)[C@@H](O[C@@H]2O[C@H](CO[Si](C(C)C)(C(C)C)C(C)C)[C@@H]3OC(=O)O[C@@H]3[C@H]2O[Si](C)(C)C(C)(C)C)[C@H]1O)(C(C)C)C(C)C. The Hall–Kier alpha value is -5.91. The molecule has 6 aromatic carbocycles. The molecule has 4 saturated heterocycles. The van der Waals surface area contributed by atoms with Gasteiger partial charge in [0.15, 0.2) is 62.1 Å². The van der Waals surface area contributed by atoms with Gasteiger partial charge >= 0.3 is 6.16 Å². The van der Waals surface area contributed by atoms with E-state index in [-0.39, 0.29) is 97.6 Å². The van der Waals surface area contributed by atoms with Crippen LogP contribution < -0.4 is 4.72 Å². The first-order valence-corrected chi connectivity index (χ1v) is 50.1. The number of benzene rings is 6. The highest BCUT2D eigenvalue weighted by Crippen LogP contribution is 2.48. The molecule has 22 nitrogen and oxygen atoms in total. The Labute approximate surface area is 691 Å². The fraction of sp³-hybridized carbons (Fsp3) is 0.567. The maximum Gasteiger partial charge on any atom is 0.509 e. The maximum atomic E-state index is 15.8. The summed E-state index contributed by atoms with van der Waals surface area (Å²) in [5.41, 5.74) is 5.05. The van der Waals surface area contributed by atoms with Crippen LogP contribution in [0.15, 0.2) is 199 Å². The lowest BCUT2D eigenvalue weighted by Gasteiger charge is -2.52. The molecule has 0 radical (unpaired) electrons. The van der Waals surface area contributed by atoms with Crippen molar-refractivity contribution in [2.24, 2.45) is 0 Å². The second-order valence-electron chi connectivity index (χ2n) is 34.7. The first-order chi connectivity index (χ1) is 55.4. The molecule has 6 aromatic rings. The topological polar surface area (TPSA) is 240 Å². The Morgan fingerprint density at radius 3 is 1.29 bits per heavy atom. The van der Waals surface area contributed by atoms with Crippen LogP contribution in [0.25, 0.3) is 0 Å². The molecule has 0 aromatic heterocycles. The Morgan fingerprint density at radius 2 is 0.819 bits per heavy atom. The predicted octanol–water partition coefficient (Wildman–Crippen LogP) is 16.8. The lowest BCUT2D eigenvalue weighted by atomic mass is 9.94. The van der Waals surface area contributed by atoms with Crippen molar-refractivity contribution in [3.8, 4) is 0 Å². The summed E-state index contributed by atoms with van der Waals surface area (Å²) < 4.78 is 156. The molecule has 5 aliphatic heterocycles. The van der Waals surface area contributed by atoms with Gasteiger partial charge in [0.2, 0.25) is 10.0 Å². The summed E-state index contributed by atoms with van der Waals surface area (Å²) in [6, 6.07) is 55.1. The normalized spacial score (nSPS) is 27.5. The number of nitrogens with one attached hydrogen (secondary N) is 1. The van der Waals surface area contributed by atoms with Crippen LogP contribution in [-0.2, 0) is 123 Å². The van der Waals surface area contributed by atoms with Crippen LogP contribution in [-0.4, -0.2) is 181 Å². The molecule has 636 valence electrons. The number of carbonyl (C=O) groups is 1. The highest BCUT2D eigenvalue weighted by atomic mass is 32.2. The minimum absolute atomic E-state index is 0.0111. The lowest BCUT2D eigenvalue weighted by Crippen LogP contribution is -2.71. The van der Waals surface area contributed by atoms with Crippen LogP contribution in [0.2, 0.25) is 51.4 Å². The molecule has 0 aliphatic carbocycles. The van der Waals surface area contributed by atoms with E-state index < -0.39 is 157 Å². The molecule has 2 N–H and O–H groups in total. The number of rotatable bonds is 40. The van der Waals surface area contributed by atoms with Crippen molar-refractivity contribution in [1.82, 2.24) is 4.72 Å². The van der Waals surface area contributed by atoms with Crippen LogP contribution in [0, 0.1) is 0 Å². The van der Waals surface area contributed by atoms with Crippen molar-refractivity contribution in [2.45, 2.75) is 304 Å². The summed E-state index contributed by atoms with van der Waals surface area (Å²) in [5, 5.41) is 13.5. The summed E-state index contributed by atoms with van der Waals surface area (Å²) in [5.74, 6) is 0. The van der Waals surface area contributed by atoms with E-state index in [1.165, 1.54) is 12.1 Å². The molecule has 11 rings (SSSR count). The molecule has 4 fully saturated rings. The van der Waals surface area contributed by atoms with Gasteiger partial charge in [-0.2, -0.15) is 0 Å². The lowest BCUT2D eigenvalue weighted by molar-refractivity contribution is -0.376. The van der Waals surface area contributed by atoms with E-state index in [4.69, 9.17) is 79.6 Å². The number of ether oxygens (including phenoxy) is 14. The number of hydrogen-bond acceptors (Lipinski definition) is 21. The first-order valence-electron chi connectivity index (χ1n) is 41.4. The summed E-state index contributed by atoms with van der Waals surface area (Å²) >= 11 is 0. The summed E-state index contributed by atoms with van der Waals surface area (Å²) in [6.45, 7) is 36.8. The van der Waals surface area contributed by atoms with Crippen LogP contribution in [0.4, 0.5) is 4.79 Å². The monoisotopic (exact) mass is 1670 g/mol. The minimum Gasteiger partial charge on any atom is -0.493 e. The number of carbonyl (C=O) groups excluding carboxylic acids is 1. The van der Waals surface area contributed by atoms with Gasteiger partial charge in [0.25, 0.3) is 0 Å². The van der Waals surface area contributed by atoms with E-state index in [9.17, 15) is 9.90 Å². The highest BCUT2D eigenvalue weighted by Gasteiger charge is 2.62. The van der Waals surface area contributed by atoms with E-state index in [1.54, 1.807) is 24.5 Å². The van der Waals surface area contributed by atoms with E-state index in [0.717, 1.165) is 27.8 Å². The van der Waals surface area contributed by atoms with Gasteiger partial charge in [-0.25, -0.2) is 17.9 Å². The van der Waals surface area contributed by atoms with E-state index >= 15 is 8.42 Å². The standard InChI is InChI=1S/C90H127NO21SSi3/c1-59(2)115(60(3)4,61(5)6)102-57-72-77(92)81(109-88-85(112-114(16,17)90(13,14)15)83-80(110-89(93)111-83)75(106-88)58-103-116(62(7)8,63(9)10)64(11)12)76(91-113(94,95)70-46-34-23-35-47-70)86(104-72)108-79-74(56-97-51-66-38-26-19-27-39-66)105-87(84(101-54-69-44-32-22-33-45-69)82(79)100-53-68-42-30-21-31-43-68)107-78-71(99-52-67-40-28-20-29-41-67)48-49-98-73(78)55-96-50-65-36-24-18-25-37-65/h18-49,59-64,71-88,91-92H,50-58H2,1-17H3/t71-,72-,73-,74-,75-,76-,77+,78+,79+,80+,81-,82+,83+,84-,85-,86+,87+,88+/m1/s1. The third-order valence-electron chi connectivity index (χ3n) is 24.0. The molecule has 0 bridgehead atoms. The smallest absolute Gasteiger partial charge is 0.493 e. The van der Waals surface area contributed by atoms with Gasteiger partial charge in [-0.15, -0.1) is 0 Å². The fourth-order valence-corrected chi connectivity index (χ4v) is 30.7. The molecule has 0 unspecified atom stereocenters. The third-order valence-corrected chi connectivity index (χ3v) is 42.2. The number of sulfonamides is 1. The van der Waals surface area contributed by atoms with Crippen molar-refractivity contribution in [2.75, 3.05) is 26.4 Å². The average molecular weight is 1680 g/mol. The van der Waals surface area contributed by atoms with Gasteiger partial charge in [-0.3, -0.25) is 0 Å². The average Bonchev–Trinajstić information content (AvgIpc) is 1.32. The van der Waals surface area contributed by atoms with Gasteiger partial charge in [-0.05, 0) is 97.4 Å². The predicted molar refractivity (Wildman–Crippen MR) is 450 cm³/mol. The molecule has 0 saturated carbocycles.